The van der Waals surface area contributed by atoms with Crippen LogP contribution in [0, 0.1) is 17.0 Å². The van der Waals surface area contributed by atoms with Gasteiger partial charge in [-0.25, -0.2) is 0 Å². The van der Waals surface area contributed by atoms with Crippen molar-refractivity contribution in [2.24, 2.45) is 5.73 Å². The van der Waals surface area contributed by atoms with Gasteiger partial charge in [0.1, 0.15) is 0 Å². The SMILES string of the molecule is Cc1cc(C2(C(C)N)CC2)ccc1[N+](=O)[O-]. The summed E-state index contributed by atoms with van der Waals surface area (Å²) >= 11 is 0. The van der Waals surface area contributed by atoms with Crippen molar-refractivity contribution >= 4 is 5.69 Å². The van der Waals surface area contributed by atoms with Gasteiger partial charge in [0.2, 0.25) is 0 Å². The molecule has 2 N–H and O–H groups in total. The summed E-state index contributed by atoms with van der Waals surface area (Å²) < 4.78 is 0. The van der Waals surface area contributed by atoms with E-state index in [4.69, 9.17) is 5.73 Å². The minimum Gasteiger partial charge on any atom is -0.327 e. The maximum absolute atomic E-state index is 10.7. The normalized spacial score (nSPS) is 19.2. The molecule has 0 saturated heterocycles. The molecule has 1 saturated carbocycles. The van der Waals surface area contributed by atoms with Crippen LogP contribution in [0.2, 0.25) is 0 Å². The summed E-state index contributed by atoms with van der Waals surface area (Å²) in [5.41, 5.74) is 8.09. The molecule has 1 aliphatic rings. The topological polar surface area (TPSA) is 69.2 Å². The number of hydrogen-bond acceptors (Lipinski definition) is 3. The second kappa shape index (κ2) is 3.56. The Labute approximate surface area is 94.6 Å². The van der Waals surface area contributed by atoms with Gasteiger partial charge in [-0.3, -0.25) is 10.1 Å². The Morgan fingerprint density at radius 3 is 2.50 bits per heavy atom. The van der Waals surface area contributed by atoms with Crippen LogP contribution in [0.1, 0.15) is 30.9 Å². The van der Waals surface area contributed by atoms with Crippen LogP contribution >= 0.6 is 0 Å². The van der Waals surface area contributed by atoms with E-state index in [1.54, 1.807) is 13.0 Å². The van der Waals surface area contributed by atoms with Gasteiger partial charge in [0.25, 0.3) is 5.69 Å². The molecule has 1 unspecified atom stereocenters. The van der Waals surface area contributed by atoms with Crippen LogP contribution in [-0.2, 0) is 5.41 Å². The highest BCUT2D eigenvalue weighted by Crippen LogP contribution is 2.50. The Balaban J connectivity index is 2.39. The lowest BCUT2D eigenvalue weighted by molar-refractivity contribution is -0.385. The predicted octanol–water partition coefficient (Wildman–Crippen LogP) is 2.28. The number of nitrogens with two attached hydrogens (primary N) is 1. The first-order valence-corrected chi connectivity index (χ1v) is 5.48. The molecular formula is C12H16N2O2. The number of nitro groups is 1. The standard InChI is InChI=1S/C12H16N2O2/c1-8-7-10(3-4-11(8)14(15)16)12(5-6-12)9(2)13/h3-4,7,9H,5-6,13H2,1-2H3. The van der Waals surface area contributed by atoms with Crippen molar-refractivity contribution in [1.82, 2.24) is 0 Å². The fraction of sp³-hybridized carbons (Fsp3) is 0.500. The summed E-state index contributed by atoms with van der Waals surface area (Å²) in [6.45, 7) is 3.78. The molecule has 4 heteroatoms. The minimum atomic E-state index is -0.343. The maximum atomic E-state index is 10.7. The molecule has 1 aromatic rings. The average molecular weight is 220 g/mol. The molecule has 86 valence electrons. The molecule has 0 heterocycles. The second-order valence-electron chi connectivity index (χ2n) is 4.70. The second-order valence-corrected chi connectivity index (χ2v) is 4.70. The zero-order chi connectivity index (χ0) is 11.9. The molecule has 0 radical (unpaired) electrons. The zero-order valence-electron chi connectivity index (χ0n) is 9.56. The molecule has 0 aromatic heterocycles. The molecule has 1 fully saturated rings. The highest BCUT2D eigenvalue weighted by atomic mass is 16.6. The molecule has 4 nitrogen and oxygen atoms in total. The molecule has 1 aromatic carbocycles. The molecule has 1 aliphatic carbocycles. The van der Waals surface area contributed by atoms with Crippen LogP contribution < -0.4 is 5.73 Å². The van der Waals surface area contributed by atoms with Crippen molar-refractivity contribution < 1.29 is 4.92 Å². The molecule has 0 spiro atoms. The maximum Gasteiger partial charge on any atom is 0.272 e. The molecule has 0 aliphatic heterocycles. The van der Waals surface area contributed by atoms with E-state index >= 15 is 0 Å². The van der Waals surface area contributed by atoms with Gasteiger partial charge in [-0.05, 0) is 38.3 Å². The van der Waals surface area contributed by atoms with E-state index in [0.717, 1.165) is 24.0 Å². The van der Waals surface area contributed by atoms with Crippen molar-refractivity contribution in [1.29, 1.82) is 0 Å². The van der Waals surface area contributed by atoms with Crippen molar-refractivity contribution in [2.45, 2.75) is 38.1 Å². The molecule has 16 heavy (non-hydrogen) atoms. The van der Waals surface area contributed by atoms with Gasteiger partial charge in [-0.2, -0.15) is 0 Å². The summed E-state index contributed by atoms with van der Waals surface area (Å²) in [4.78, 5) is 10.4. The zero-order valence-corrected chi connectivity index (χ0v) is 9.56. The Morgan fingerprint density at radius 1 is 1.50 bits per heavy atom. The largest absolute Gasteiger partial charge is 0.327 e. The number of hydrogen-bond donors (Lipinski definition) is 1. The minimum absolute atomic E-state index is 0.0693. The average Bonchev–Trinajstić information content (AvgIpc) is 2.97. The van der Waals surface area contributed by atoms with Crippen molar-refractivity contribution in [3.63, 3.8) is 0 Å². The van der Waals surface area contributed by atoms with Crippen LogP contribution in [0.5, 0.6) is 0 Å². The Morgan fingerprint density at radius 2 is 2.12 bits per heavy atom. The third-order valence-corrected chi connectivity index (χ3v) is 3.63. The van der Waals surface area contributed by atoms with E-state index < -0.39 is 0 Å². The molecule has 1 atom stereocenters. The van der Waals surface area contributed by atoms with Gasteiger partial charge >= 0.3 is 0 Å². The van der Waals surface area contributed by atoms with Crippen molar-refractivity contribution in [3.8, 4) is 0 Å². The van der Waals surface area contributed by atoms with Crippen LogP contribution in [-0.4, -0.2) is 11.0 Å². The molecular weight excluding hydrogens is 204 g/mol. The number of rotatable bonds is 3. The van der Waals surface area contributed by atoms with Gasteiger partial charge in [-0.15, -0.1) is 0 Å². The smallest absolute Gasteiger partial charge is 0.272 e. The van der Waals surface area contributed by atoms with Crippen LogP contribution in [0.25, 0.3) is 0 Å². The number of aryl methyl sites for hydroxylation is 1. The molecule has 0 bridgehead atoms. The van der Waals surface area contributed by atoms with Gasteiger partial charge in [0.05, 0.1) is 4.92 Å². The van der Waals surface area contributed by atoms with E-state index in [2.05, 4.69) is 0 Å². The lowest BCUT2D eigenvalue weighted by Crippen LogP contribution is -2.31. The van der Waals surface area contributed by atoms with Crippen LogP contribution in [0.4, 0.5) is 5.69 Å². The Bertz CT molecular complexity index is 437. The van der Waals surface area contributed by atoms with E-state index in [1.165, 1.54) is 0 Å². The van der Waals surface area contributed by atoms with E-state index in [0.29, 0.717) is 0 Å². The van der Waals surface area contributed by atoms with Crippen LogP contribution in [0.3, 0.4) is 0 Å². The van der Waals surface area contributed by atoms with Crippen LogP contribution in [0.15, 0.2) is 18.2 Å². The summed E-state index contributed by atoms with van der Waals surface area (Å²) in [5.74, 6) is 0. The van der Waals surface area contributed by atoms with Gasteiger partial charge in [0.15, 0.2) is 0 Å². The third-order valence-electron chi connectivity index (χ3n) is 3.63. The number of nitro benzene ring substituents is 1. The lowest BCUT2D eigenvalue weighted by atomic mass is 9.88. The van der Waals surface area contributed by atoms with Gasteiger partial charge in [-0.1, -0.05) is 6.07 Å². The van der Waals surface area contributed by atoms with E-state index in [9.17, 15) is 10.1 Å². The number of nitrogens with zero attached hydrogens (tertiary/aromatic N) is 1. The lowest BCUT2D eigenvalue weighted by Gasteiger charge is -2.20. The first-order valence-electron chi connectivity index (χ1n) is 5.48. The fourth-order valence-corrected chi connectivity index (χ4v) is 2.31. The van der Waals surface area contributed by atoms with Crippen molar-refractivity contribution in [3.05, 3.63) is 39.4 Å². The van der Waals surface area contributed by atoms with Gasteiger partial charge < -0.3 is 5.73 Å². The van der Waals surface area contributed by atoms with E-state index in [-0.39, 0.29) is 22.1 Å². The molecule has 2 rings (SSSR count). The number of benzene rings is 1. The fourth-order valence-electron chi connectivity index (χ4n) is 2.31. The summed E-state index contributed by atoms with van der Waals surface area (Å²) in [7, 11) is 0. The predicted molar refractivity (Wildman–Crippen MR) is 62.4 cm³/mol. The first-order chi connectivity index (χ1) is 7.47. The summed E-state index contributed by atoms with van der Waals surface area (Å²) in [6, 6.07) is 5.46. The quantitative estimate of drug-likeness (QED) is 0.627. The summed E-state index contributed by atoms with van der Waals surface area (Å²) in [6.07, 6.45) is 2.17. The highest BCUT2D eigenvalue weighted by Gasteiger charge is 2.47. The van der Waals surface area contributed by atoms with Crippen molar-refractivity contribution in [2.75, 3.05) is 0 Å². The molecule has 0 amide bonds. The third kappa shape index (κ3) is 1.59. The van der Waals surface area contributed by atoms with E-state index in [1.807, 2.05) is 19.1 Å². The summed E-state index contributed by atoms with van der Waals surface area (Å²) in [5, 5.41) is 10.7. The van der Waals surface area contributed by atoms with Gasteiger partial charge in [0, 0.05) is 23.1 Å². The Hall–Kier alpha value is -1.42. The highest BCUT2D eigenvalue weighted by molar-refractivity contribution is 5.46. The monoisotopic (exact) mass is 220 g/mol. The Kier molecular flexibility index (Phi) is 2.46. The first kappa shape index (κ1) is 11.1.